The molecular weight excluding hydrogens is 978 g/mol. The van der Waals surface area contributed by atoms with E-state index in [1.165, 1.54) is 25.7 Å². The van der Waals surface area contributed by atoms with Gasteiger partial charge in [-0.3, -0.25) is 18.6 Å². The maximum Gasteiger partial charge on any atom is 0.472 e. The molecule has 0 aromatic heterocycles. The Morgan fingerprint density at radius 2 is 0.675 bits per heavy atom. The van der Waals surface area contributed by atoms with Gasteiger partial charge in [-0.2, -0.15) is 0 Å². The number of carbonyl (C=O) groups excluding carboxylic acids is 2. The average Bonchev–Trinajstić information content (AvgIpc) is 3.42. The molecule has 0 fully saturated rings. The minimum absolute atomic E-state index is 0.0380. The fourth-order valence-corrected chi connectivity index (χ4v) is 8.07. The number of phosphoric acid groups is 1. The van der Waals surface area contributed by atoms with E-state index in [-0.39, 0.29) is 32.6 Å². The van der Waals surface area contributed by atoms with Crippen molar-refractivity contribution in [3.8, 4) is 0 Å². The molecule has 0 bridgehead atoms. The Morgan fingerprint density at radius 1 is 0.390 bits per heavy atom. The largest absolute Gasteiger partial charge is 0.472 e. The number of carbonyl (C=O) groups is 2. The molecule has 0 radical (unpaired) electrons. The third-order valence-electron chi connectivity index (χ3n) is 11.6. The molecule has 0 saturated carbocycles. The van der Waals surface area contributed by atoms with Crippen molar-refractivity contribution in [2.24, 2.45) is 5.73 Å². The molecule has 2 atom stereocenters. The van der Waals surface area contributed by atoms with Gasteiger partial charge in [-0.15, -0.1) is 0 Å². The van der Waals surface area contributed by atoms with E-state index < -0.39 is 32.5 Å². The molecule has 0 aromatic rings. The van der Waals surface area contributed by atoms with E-state index in [9.17, 15) is 19.0 Å². The summed E-state index contributed by atoms with van der Waals surface area (Å²) in [6.45, 7) is 3.45. The Labute approximate surface area is 470 Å². The van der Waals surface area contributed by atoms with Gasteiger partial charge < -0.3 is 20.1 Å². The zero-order chi connectivity index (χ0) is 55.9. The van der Waals surface area contributed by atoms with Gasteiger partial charge in [-0.1, -0.05) is 235 Å². The van der Waals surface area contributed by atoms with Gasteiger partial charge in [0.2, 0.25) is 0 Å². The molecular formula is C67H106NO8P. The Morgan fingerprint density at radius 3 is 1.00 bits per heavy atom. The van der Waals surface area contributed by atoms with Crippen molar-refractivity contribution in [1.82, 2.24) is 0 Å². The van der Waals surface area contributed by atoms with Crippen molar-refractivity contribution in [2.75, 3.05) is 26.4 Å². The van der Waals surface area contributed by atoms with E-state index in [4.69, 9.17) is 24.3 Å². The van der Waals surface area contributed by atoms with Gasteiger partial charge in [0, 0.05) is 19.4 Å². The molecule has 0 aliphatic heterocycles. The highest BCUT2D eigenvalue weighted by Gasteiger charge is 2.26. The minimum Gasteiger partial charge on any atom is -0.462 e. The fourth-order valence-electron chi connectivity index (χ4n) is 7.30. The third-order valence-corrected chi connectivity index (χ3v) is 12.6. The quantitative estimate of drug-likeness (QED) is 0.0264. The highest BCUT2D eigenvalue weighted by Crippen LogP contribution is 2.43. The monoisotopic (exact) mass is 1080 g/mol. The van der Waals surface area contributed by atoms with Crippen LogP contribution in [0.1, 0.15) is 206 Å². The van der Waals surface area contributed by atoms with Crippen molar-refractivity contribution < 1.29 is 37.6 Å². The second-order valence-corrected chi connectivity index (χ2v) is 20.2. The van der Waals surface area contributed by atoms with E-state index in [1.807, 2.05) is 0 Å². The predicted molar refractivity (Wildman–Crippen MR) is 329 cm³/mol. The molecule has 9 nitrogen and oxygen atoms in total. The smallest absolute Gasteiger partial charge is 0.462 e. The number of allylic oxidation sites excluding steroid dienone is 28. The Hall–Kier alpha value is -4.63. The summed E-state index contributed by atoms with van der Waals surface area (Å²) in [7, 11) is -4.41. The van der Waals surface area contributed by atoms with Gasteiger partial charge in [-0.05, 0) is 128 Å². The molecule has 0 amide bonds. The van der Waals surface area contributed by atoms with Crippen LogP contribution in [-0.4, -0.2) is 49.3 Å². The van der Waals surface area contributed by atoms with Crippen LogP contribution in [0.15, 0.2) is 170 Å². The number of unbranched alkanes of at least 4 members (excludes halogenated alkanes) is 12. The molecule has 0 saturated heterocycles. The van der Waals surface area contributed by atoms with E-state index in [2.05, 4.69) is 184 Å². The summed E-state index contributed by atoms with van der Waals surface area (Å²) < 4.78 is 33.0. The molecule has 0 spiro atoms. The van der Waals surface area contributed by atoms with Crippen LogP contribution in [0.5, 0.6) is 0 Å². The standard InChI is InChI=1S/C67H106NO8P/c1-3-5-7-9-11-13-15-17-19-21-23-25-27-28-29-30-31-32-33-34-35-36-38-40-42-44-46-48-50-52-54-56-58-60-67(70)76-65(64-75-77(71,72)74-62-61-68)63-73-66(69)59-57-55-53-51-49-47-45-43-41-39-37-26-24-22-20-18-16-14-12-10-8-6-4-2/h5-8,11-14,17-20,23-26,28-29,31-32,34-35,38-41,45,47,65H,3-4,9-10,15-16,21-22,27,30,33,36-37,42-44,46,48-64,68H2,1-2H3,(H,71,72)/b7-5-,8-6-,13-11-,14-12-,19-17-,20-18-,25-23-,26-24-,29-28-,32-31-,35-34-,40-38-,41-39-,47-45-. The number of hydrogen-bond donors (Lipinski definition) is 2. The number of rotatable bonds is 53. The highest BCUT2D eigenvalue weighted by atomic mass is 31.2. The average molecular weight is 1080 g/mol. The Kier molecular flexibility index (Phi) is 57.0. The molecule has 2 unspecified atom stereocenters. The summed E-state index contributed by atoms with van der Waals surface area (Å²) in [5, 5.41) is 0. The summed E-state index contributed by atoms with van der Waals surface area (Å²) in [5.41, 5.74) is 5.38. The molecule has 3 N–H and O–H groups in total. The summed E-state index contributed by atoms with van der Waals surface area (Å²) in [5.74, 6) is -0.881. The topological polar surface area (TPSA) is 134 Å². The SMILES string of the molecule is CC/C=C\C/C=C\C/C=C\C/C=C\C/C=C\C/C=C\C/C=C\C/C=C\CCCCCCCCCCC(=O)OC(COC(=O)CCCCCC/C=C\C/C=C\C/C=C\C/C=C\C/C=C\C/C=C\CC)COP(=O)(O)OCCN. The lowest BCUT2D eigenvalue weighted by molar-refractivity contribution is -0.161. The maximum atomic E-state index is 12.7. The molecule has 432 valence electrons. The number of phosphoric ester groups is 1. The van der Waals surface area contributed by atoms with Crippen LogP contribution in [0.3, 0.4) is 0 Å². The summed E-state index contributed by atoms with van der Waals surface area (Å²) in [4.78, 5) is 35.2. The second-order valence-electron chi connectivity index (χ2n) is 18.7. The van der Waals surface area contributed by atoms with Gasteiger partial charge in [0.05, 0.1) is 13.2 Å². The normalized spacial score (nSPS) is 14.3. The van der Waals surface area contributed by atoms with E-state index in [1.54, 1.807) is 0 Å². The number of esters is 2. The van der Waals surface area contributed by atoms with E-state index in [0.717, 1.165) is 141 Å². The van der Waals surface area contributed by atoms with Crippen molar-refractivity contribution in [1.29, 1.82) is 0 Å². The predicted octanol–water partition coefficient (Wildman–Crippen LogP) is 19.1. The molecule has 0 heterocycles. The first-order valence-corrected chi connectivity index (χ1v) is 31.1. The van der Waals surface area contributed by atoms with Crippen LogP contribution in [0, 0.1) is 0 Å². The number of hydrogen-bond acceptors (Lipinski definition) is 8. The van der Waals surface area contributed by atoms with Gasteiger partial charge >= 0.3 is 19.8 Å². The molecule has 0 aliphatic rings. The third kappa shape index (κ3) is 60.5. The zero-order valence-corrected chi connectivity index (χ0v) is 49.0. The lowest BCUT2D eigenvalue weighted by Gasteiger charge is -2.19. The Balaban J connectivity index is 4.10. The zero-order valence-electron chi connectivity index (χ0n) is 48.1. The second kappa shape index (κ2) is 60.6. The van der Waals surface area contributed by atoms with Crippen molar-refractivity contribution >= 4 is 19.8 Å². The van der Waals surface area contributed by atoms with Crippen LogP contribution < -0.4 is 5.73 Å². The van der Waals surface area contributed by atoms with Gasteiger partial charge in [0.1, 0.15) is 6.61 Å². The molecule has 77 heavy (non-hydrogen) atoms. The van der Waals surface area contributed by atoms with Crippen LogP contribution >= 0.6 is 7.82 Å². The summed E-state index contributed by atoms with van der Waals surface area (Å²) in [6.07, 6.45) is 89.7. The summed E-state index contributed by atoms with van der Waals surface area (Å²) in [6, 6.07) is 0. The first kappa shape index (κ1) is 72.4. The van der Waals surface area contributed by atoms with Crippen LogP contribution in [0.25, 0.3) is 0 Å². The van der Waals surface area contributed by atoms with Crippen molar-refractivity contribution in [2.45, 2.75) is 213 Å². The van der Waals surface area contributed by atoms with Crippen LogP contribution in [-0.2, 0) is 32.7 Å². The Bertz CT molecular complexity index is 1860. The van der Waals surface area contributed by atoms with Gasteiger partial charge in [0.25, 0.3) is 0 Å². The van der Waals surface area contributed by atoms with Crippen molar-refractivity contribution in [3.05, 3.63) is 170 Å². The van der Waals surface area contributed by atoms with Crippen LogP contribution in [0.4, 0.5) is 0 Å². The van der Waals surface area contributed by atoms with E-state index >= 15 is 0 Å². The lowest BCUT2D eigenvalue weighted by Crippen LogP contribution is -2.29. The summed E-state index contributed by atoms with van der Waals surface area (Å²) >= 11 is 0. The first-order valence-electron chi connectivity index (χ1n) is 29.6. The number of nitrogens with two attached hydrogens (primary N) is 1. The van der Waals surface area contributed by atoms with E-state index in [0.29, 0.717) is 12.8 Å². The minimum atomic E-state index is -4.41. The highest BCUT2D eigenvalue weighted by molar-refractivity contribution is 7.47. The van der Waals surface area contributed by atoms with Gasteiger partial charge in [-0.25, -0.2) is 4.57 Å². The first-order chi connectivity index (χ1) is 37.8. The van der Waals surface area contributed by atoms with Crippen molar-refractivity contribution in [3.63, 3.8) is 0 Å². The maximum absolute atomic E-state index is 12.7. The lowest BCUT2D eigenvalue weighted by atomic mass is 10.1. The molecule has 0 aliphatic carbocycles. The molecule has 0 rings (SSSR count). The molecule has 0 aromatic carbocycles. The fraction of sp³-hybridized carbons (Fsp3) is 0.552. The van der Waals surface area contributed by atoms with Gasteiger partial charge in [0.15, 0.2) is 6.10 Å². The molecule has 10 heteroatoms. The number of ether oxygens (including phenoxy) is 2. The van der Waals surface area contributed by atoms with Crippen LogP contribution in [0.2, 0.25) is 0 Å².